The molecular formula is C12H20N2O. The Kier molecular flexibility index (Phi) is 3.78. The molecule has 0 unspecified atom stereocenters. The maximum atomic E-state index is 11.8. The Bertz CT molecular complexity index is 254. The largest absolute Gasteiger partial charge is 0.343 e. The lowest BCUT2D eigenvalue weighted by molar-refractivity contribution is -0.130. The minimum absolute atomic E-state index is 0.346. The fraction of sp³-hybridized carbons (Fsp3) is 0.750. The minimum Gasteiger partial charge on any atom is -0.343 e. The molecule has 0 radical (unpaired) electrons. The average molecular weight is 208 g/mol. The van der Waals surface area contributed by atoms with E-state index in [-0.39, 0.29) is 0 Å². The Morgan fingerprint density at radius 2 is 2.20 bits per heavy atom. The standard InChI is InChI=1S/C12H20N2O/c15-12(14-8-1-2-9-14)6-5-11-4-3-7-13-10-11/h4,13H,1-3,5-10H2. The van der Waals surface area contributed by atoms with Crippen molar-refractivity contribution in [3.05, 3.63) is 11.6 Å². The maximum absolute atomic E-state index is 11.8. The van der Waals surface area contributed by atoms with Gasteiger partial charge in [0.1, 0.15) is 0 Å². The van der Waals surface area contributed by atoms with E-state index in [4.69, 9.17) is 0 Å². The van der Waals surface area contributed by atoms with Crippen molar-refractivity contribution in [3.8, 4) is 0 Å². The van der Waals surface area contributed by atoms with E-state index in [2.05, 4.69) is 11.4 Å². The molecule has 3 heteroatoms. The molecule has 0 atom stereocenters. The molecule has 0 aromatic rings. The highest BCUT2D eigenvalue weighted by Crippen LogP contribution is 2.13. The van der Waals surface area contributed by atoms with Gasteiger partial charge in [0, 0.05) is 26.1 Å². The second-order valence-electron chi connectivity index (χ2n) is 4.42. The summed E-state index contributed by atoms with van der Waals surface area (Å²) < 4.78 is 0. The molecule has 2 heterocycles. The summed E-state index contributed by atoms with van der Waals surface area (Å²) in [5, 5.41) is 3.33. The van der Waals surface area contributed by atoms with Crippen LogP contribution in [0.25, 0.3) is 0 Å². The third kappa shape index (κ3) is 3.06. The SMILES string of the molecule is O=C(CCC1=CCCNC1)N1CCCC1. The number of carbonyl (C=O) groups excluding carboxylic acids is 1. The lowest BCUT2D eigenvalue weighted by atomic mass is 10.1. The van der Waals surface area contributed by atoms with Gasteiger partial charge in [0.15, 0.2) is 0 Å². The molecular weight excluding hydrogens is 188 g/mol. The first-order chi connectivity index (χ1) is 7.36. The molecule has 84 valence electrons. The van der Waals surface area contributed by atoms with Crippen LogP contribution in [0.4, 0.5) is 0 Å². The van der Waals surface area contributed by atoms with Crippen LogP contribution in [-0.2, 0) is 4.79 Å². The predicted octanol–water partition coefficient (Wildman–Crippen LogP) is 1.31. The maximum Gasteiger partial charge on any atom is 0.222 e. The third-order valence-electron chi connectivity index (χ3n) is 3.22. The molecule has 2 aliphatic rings. The summed E-state index contributed by atoms with van der Waals surface area (Å²) in [6.07, 6.45) is 7.43. The van der Waals surface area contributed by atoms with Crippen LogP contribution in [0, 0.1) is 0 Å². The van der Waals surface area contributed by atoms with Crippen molar-refractivity contribution in [1.82, 2.24) is 10.2 Å². The van der Waals surface area contributed by atoms with Gasteiger partial charge in [-0.25, -0.2) is 0 Å². The van der Waals surface area contributed by atoms with Crippen LogP contribution in [0.3, 0.4) is 0 Å². The number of hydrogen-bond acceptors (Lipinski definition) is 2. The van der Waals surface area contributed by atoms with E-state index in [0.717, 1.165) is 39.0 Å². The van der Waals surface area contributed by atoms with Crippen molar-refractivity contribution >= 4 is 5.91 Å². The van der Waals surface area contributed by atoms with E-state index in [9.17, 15) is 4.79 Å². The van der Waals surface area contributed by atoms with Crippen LogP contribution in [0.2, 0.25) is 0 Å². The number of rotatable bonds is 3. The molecule has 3 nitrogen and oxygen atoms in total. The molecule has 2 rings (SSSR count). The fourth-order valence-electron chi connectivity index (χ4n) is 2.28. The molecule has 0 bridgehead atoms. The van der Waals surface area contributed by atoms with Crippen molar-refractivity contribution in [2.24, 2.45) is 0 Å². The zero-order valence-corrected chi connectivity index (χ0v) is 9.30. The van der Waals surface area contributed by atoms with E-state index in [1.807, 2.05) is 4.90 Å². The molecule has 2 aliphatic heterocycles. The van der Waals surface area contributed by atoms with E-state index in [1.54, 1.807) is 0 Å². The number of carbonyl (C=O) groups is 1. The molecule has 0 aromatic heterocycles. The number of nitrogens with one attached hydrogen (secondary N) is 1. The summed E-state index contributed by atoms with van der Waals surface area (Å²) in [5.41, 5.74) is 1.41. The smallest absolute Gasteiger partial charge is 0.222 e. The molecule has 0 aromatic carbocycles. The number of hydrogen-bond donors (Lipinski definition) is 1. The van der Waals surface area contributed by atoms with E-state index < -0.39 is 0 Å². The van der Waals surface area contributed by atoms with Gasteiger partial charge in [-0.05, 0) is 32.2 Å². The monoisotopic (exact) mass is 208 g/mol. The van der Waals surface area contributed by atoms with Crippen LogP contribution in [0.15, 0.2) is 11.6 Å². The summed E-state index contributed by atoms with van der Waals surface area (Å²) in [7, 11) is 0. The second kappa shape index (κ2) is 5.31. The predicted molar refractivity (Wildman–Crippen MR) is 60.6 cm³/mol. The van der Waals surface area contributed by atoms with Gasteiger partial charge in [0.05, 0.1) is 0 Å². The highest BCUT2D eigenvalue weighted by Gasteiger charge is 2.17. The highest BCUT2D eigenvalue weighted by atomic mass is 16.2. The lowest BCUT2D eigenvalue weighted by Gasteiger charge is -2.17. The van der Waals surface area contributed by atoms with Gasteiger partial charge < -0.3 is 10.2 Å². The van der Waals surface area contributed by atoms with E-state index in [1.165, 1.54) is 18.4 Å². The van der Waals surface area contributed by atoms with Gasteiger partial charge in [-0.3, -0.25) is 4.79 Å². The topological polar surface area (TPSA) is 32.3 Å². The normalized spacial score (nSPS) is 21.6. The highest BCUT2D eigenvalue weighted by molar-refractivity contribution is 5.76. The van der Waals surface area contributed by atoms with Gasteiger partial charge in [-0.15, -0.1) is 0 Å². The average Bonchev–Trinajstić information content (AvgIpc) is 2.81. The molecule has 1 fully saturated rings. The van der Waals surface area contributed by atoms with Crippen molar-refractivity contribution in [1.29, 1.82) is 0 Å². The Labute approximate surface area is 91.5 Å². The van der Waals surface area contributed by atoms with Gasteiger partial charge >= 0.3 is 0 Å². The molecule has 0 spiro atoms. The van der Waals surface area contributed by atoms with Crippen molar-refractivity contribution in [2.75, 3.05) is 26.2 Å². The van der Waals surface area contributed by atoms with Crippen molar-refractivity contribution in [3.63, 3.8) is 0 Å². The molecule has 1 saturated heterocycles. The van der Waals surface area contributed by atoms with Crippen LogP contribution in [0.1, 0.15) is 32.1 Å². The van der Waals surface area contributed by atoms with Crippen LogP contribution in [0.5, 0.6) is 0 Å². The molecule has 0 aliphatic carbocycles. The summed E-state index contributed by atoms with van der Waals surface area (Å²) in [4.78, 5) is 13.8. The summed E-state index contributed by atoms with van der Waals surface area (Å²) in [5.74, 6) is 0.346. The zero-order chi connectivity index (χ0) is 10.5. The first kappa shape index (κ1) is 10.7. The number of likely N-dealkylation sites (tertiary alicyclic amines) is 1. The van der Waals surface area contributed by atoms with Gasteiger partial charge in [0.2, 0.25) is 5.91 Å². The molecule has 0 saturated carbocycles. The number of nitrogens with zero attached hydrogens (tertiary/aromatic N) is 1. The number of amides is 1. The second-order valence-corrected chi connectivity index (χ2v) is 4.42. The zero-order valence-electron chi connectivity index (χ0n) is 9.30. The van der Waals surface area contributed by atoms with Crippen LogP contribution >= 0.6 is 0 Å². The Morgan fingerprint density at radius 1 is 1.40 bits per heavy atom. The summed E-state index contributed by atoms with van der Waals surface area (Å²) in [6.45, 7) is 4.03. The molecule has 15 heavy (non-hydrogen) atoms. The van der Waals surface area contributed by atoms with E-state index >= 15 is 0 Å². The minimum atomic E-state index is 0.346. The molecule has 1 amide bonds. The van der Waals surface area contributed by atoms with Gasteiger partial charge in [0.25, 0.3) is 0 Å². The Morgan fingerprint density at radius 3 is 2.87 bits per heavy atom. The van der Waals surface area contributed by atoms with Crippen molar-refractivity contribution < 1.29 is 4.79 Å². The van der Waals surface area contributed by atoms with Gasteiger partial charge in [-0.1, -0.05) is 11.6 Å². The fourth-order valence-corrected chi connectivity index (χ4v) is 2.28. The first-order valence-corrected chi connectivity index (χ1v) is 6.02. The summed E-state index contributed by atoms with van der Waals surface area (Å²) >= 11 is 0. The Balaban J connectivity index is 1.72. The first-order valence-electron chi connectivity index (χ1n) is 6.02. The molecule has 1 N–H and O–H groups in total. The third-order valence-corrected chi connectivity index (χ3v) is 3.22. The quantitative estimate of drug-likeness (QED) is 0.709. The van der Waals surface area contributed by atoms with Crippen LogP contribution < -0.4 is 5.32 Å². The van der Waals surface area contributed by atoms with E-state index in [0.29, 0.717) is 12.3 Å². The lowest BCUT2D eigenvalue weighted by Crippen LogP contribution is -2.28. The van der Waals surface area contributed by atoms with Gasteiger partial charge in [-0.2, -0.15) is 0 Å². The van der Waals surface area contributed by atoms with Crippen LogP contribution in [-0.4, -0.2) is 37.0 Å². The van der Waals surface area contributed by atoms with Crippen molar-refractivity contribution in [2.45, 2.75) is 32.1 Å². The Hall–Kier alpha value is -0.830. The summed E-state index contributed by atoms with van der Waals surface area (Å²) in [6, 6.07) is 0.